The van der Waals surface area contributed by atoms with E-state index in [0.717, 1.165) is 32.7 Å². The number of piperazine rings is 1. The second-order valence-electron chi connectivity index (χ2n) is 6.38. The van der Waals surface area contributed by atoms with Gasteiger partial charge in [0, 0.05) is 44.4 Å². The Bertz CT molecular complexity index is 783. The minimum atomic E-state index is -0.415. The highest BCUT2D eigenvalue weighted by atomic mass is 16.6. The third kappa shape index (κ3) is 4.03. The molecule has 0 unspecified atom stereocenters. The molecule has 2 aromatic rings. The summed E-state index contributed by atoms with van der Waals surface area (Å²) in [7, 11) is 0. The summed E-state index contributed by atoms with van der Waals surface area (Å²) in [6, 6.07) is 13.1. The summed E-state index contributed by atoms with van der Waals surface area (Å²) in [5.41, 5.74) is 3.45. The van der Waals surface area contributed by atoms with E-state index in [9.17, 15) is 14.9 Å². The highest BCUT2D eigenvalue weighted by molar-refractivity contribution is 5.79. The van der Waals surface area contributed by atoms with E-state index < -0.39 is 4.92 Å². The van der Waals surface area contributed by atoms with Gasteiger partial charge in [-0.15, -0.1) is 0 Å². The second-order valence-corrected chi connectivity index (χ2v) is 6.38. The van der Waals surface area contributed by atoms with Crippen molar-refractivity contribution in [2.75, 3.05) is 31.1 Å². The third-order valence-corrected chi connectivity index (χ3v) is 4.53. The average Bonchev–Trinajstić information content (AvgIpc) is 2.62. The van der Waals surface area contributed by atoms with Gasteiger partial charge in [-0.05, 0) is 24.6 Å². The highest BCUT2D eigenvalue weighted by Crippen LogP contribution is 2.29. The minimum Gasteiger partial charge on any atom is -0.363 e. The smallest absolute Gasteiger partial charge is 0.293 e. The largest absolute Gasteiger partial charge is 0.363 e. The molecule has 0 saturated carbocycles. The number of aryl methyl sites for hydroxylation is 1. The Labute approximate surface area is 146 Å². The summed E-state index contributed by atoms with van der Waals surface area (Å²) in [5, 5.41) is 11.3. The SMILES string of the molecule is Cc1cccc(CN2CCN(c3ccc(C=O)cc3[N+](=O)[O-])CC2)c1. The van der Waals surface area contributed by atoms with Crippen molar-refractivity contribution < 1.29 is 9.72 Å². The maximum atomic E-state index is 11.3. The molecule has 6 nitrogen and oxygen atoms in total. The first-order chi connectivity index (χ1) is 12.1. The lowest BCUT2D eigenvalue weighted by Crippen LogP contribution is -2.46. The van der Waals surface area contributed by atoms with Gasteiger partial charge >= 0.3 is 0 Å². The van der Waals surface area contributed by atoms with Crippen molar-refractivity contribution in [2.45, 2.75) is 13.5 Å². The average molecular weight is 339 g/mol. The van der Waals surface area contributed by atoms with Gasteiger partial charge in [0.15, 0.2) is 0 Å². The van der Waals surface area contributed by atoms with E-state index in [0.29, 0.717) is 17.5 Å². The first kappa shape index (κ1) is 17.1. The molecule has 0 aliphatic carbocycles. The fraction of sp³-hybridized carbons (Fsp3) is 0.316. The molecule has 1 aliphatic heterocycles. The van der Waals surface area contributed by atoms with Crippen LogP contribution in [-0.4, -0.2) is 42.3 Å². The molecular weight excluding hydrogens is 318 g/mol. The molecule has 0 spiro atoms. The van der Waals surface area contributed by atoms with Crippen LogP contribution in [0, 0.1) is 17.0 Å². The zero-order valence-electron chi connectivity index (χ0n) is 14.2. The lowest BCUT2D eigenvalue weighted by Gasteiger charge is -2.35. The minimum absolute atomic E-state index is 0.00302. The summed E-state index contributed by atoms with van der Waals surface area (Å²) in [6.45, 7) is 6.13. The molecule has 130 valence electrons. The van der Waals surface area contributed by atoms with Gasteiger partial charge in [-0.25, -0.2) is 0 Å². The van der Waals surface area contributed by atoms with Gasteiger partial charge in [0.25, 0.3) is 5.69 Å². The molecular formula is C19H21N3O3. The van der Waals surface area contributed by atoms with E-state index in [1.54, 1.807) is 12.1 Å². The number of carbonyl (C=O) groups is 1. The van der Waals surface area contributed by atoms with E-state index in [1.807, 2.05) is 4.90 Å². The van der Waals surface area contributed by atoms with Crippen LogP contribution in [0.3, 0.4) is 0 Å². The number of hydrogen-bond acceptors (Lipinski definition) is 5. The number of rotatable bonds is 5. The summed E-state index contributed by atoms with van der Waals surface area (Å²) in [5.74, 6) is 0. The topological polar surface area (TPSA) is 66.7 Å². The molecule has 0 radical (unpaired) electrons. The Morgan fingerprint density at radius 1 is 1.12 bits per heavy atom. The summed E-state index contributed by atoms with van der Waals surface area (Å²) < 4.78 is 0. The molecule has 1 saturated heterocycles. The van der Waals surface area contributed by atoms with Crippen LogP contribution in [0.1, 0.15) is 21.5 Å². The fourth-order valence-electron chi connectivity index (χ4n) is 3.24. The van der Waals surface area contributed by atoms with Gasteiger partial charge in [0.1, 0.15) is 12.0 Å². The first-order valence-electron chi connectivity index (χ1n) is 8.33. The van der Waals surface area contributed by atoms with Gasteiger partial charge in [-0.1, -0.05) is 29.8 Å². The number of nitro benzene ring substituents is 1. The molecule has 1 fully saturated rings. The monoisotopic (exact) mass is 339 g/mol. The Morgan fingerprint density at radius 3 is 2.52 bits per heavy atom. The van der Waals surface area contributed by atoms with Crippen LogP contribution in [0.4, 0.5) is 11.4 Å². The Hall–Kier alpha value is -2.73. The van der Waals surface area contributed by atoms with Crippen molar-refractivity contribution in [3.8, 4) is 0 Å². The van der Waals surface area contributed by atoms with Gasteiger partial charge in [-0.2, -0.15) is 0 Å². The zero-order valence-corrected chi connectivity index (χ0v) is 14.2. The van der Waals surface area contributed by atoms with Crippen LogP contribution in [0.25, 0.3) is 0 Å². The third-order valence-electron chi connectivity index (χ3n) is 4.53. The van der Waals surface area contributed by atoms with Crippen molar-refractivity contribution in [1.29, 1.82) is 0 Å². The van der Waals surface area contributed by atoms with Crippen molar-refractivity contribution in [3.63, 3.8) is 0 Å². The predicted molar refractivity (Wildman–Crippen MR) is 97.2 cm³/mol. The quantitative estimate of drug-likeness (QED) is 0.476. The first-order valence-corrected chi connectivity index (χ1v) is 8.33. The normalized spacial score (nSPS) is 15.2. The molecule has 0 bridgehead atoms. The number of anilines is 1. The number of benzene rings is 2. The number of carbonyl (C=O) groups excluding carboxylic acids is 1. The molecule has 3 rings (SSSR count). The van der Waals surface area contributed by atoms with E-state index in [4.69, 9.17) is 0 Å². The Balaban J connectivity index is 1.68. The summed E-state index contributed by atoms with van der Waals surface area (Å²) in [4.78, 5) is 26.2. The Morgan fingerprint density at radius 2 is 1.88 bits per heavy atom. The van der Waals surface area contributed by atoms with Crippen LogP contribution < -0.4 is 4.90 Å². The molecule has 0 amide bonds. The number of hydrogen-bond donors (Lipinski definition) is 0. The maximum Gasteiger partial charge on any atom is 0.293 e. The van der Waals surface area contributed by atoms with Crippen molar-refractivity contribution >= 4 is 17.7 Å². The maximum absolute atomic E-state index is 11.3. The molecule has 1 heterocycles. The lowest BCUT2D eigenvalue weighted by molar-refractivity contribution is -0.384. The second kappa shape index (κ2) is 7.44. The van der Waals surface area contributed by atoms with Crippen molar-refractivity contribution in [3.05, 3.63) is 69.3 Å². The predicted octanol–water partition coefficient (Wildman–Crippen LogP) is 3.04. The van der Waals surface area contributed by atoms with Crippen molar-refractivity contribution in [1.82, 2.24) is 4.90 Å². The van der Waals surface area contributed by atoms with Gasteiger partial charge in [0.2, 0.25) is 0 Å². The van der Waals surface area contributed by atoms with Crippen molar-refractivity contribution in [2.24, 2.45) is 0 Å². The van der Waals surface area contributed by atoms with Gasteiger partial charge < -0.3 is 4.90 Å². The molecule has 0 N–H and O–H groups in total. The number of nitrogens with zero attached hydrogens (tertiary/aromatic N) is 3. The summed E-state index contributed by atoms with van der Waals surface area (Å²) in [6.07, 6.45) is 0.635. The van der Waals surface area contributed by atoms with E-state index in [1.165, 1.54) is 17.2 Å². The standard InChI is InChI=1S/C19H21N3O3/c1-15-3-2-4-16(11-15)13-20-7-9-21(10-8-20)18-6-5-17(14-23)12-19(18)22(24)25/h2-6,11-12,14H,7-10,13H2,1H3. The summed E-state index contributed by atoms with van der Waals surface area (Å²) >= 11 is 0. The van der Waals surface area contributed by atoms with Gasteiger partial charge in [0.05, 0.1) is 4.92 Å². The molecule has 1 aliphatic rings. The Kier molecular flexibility index (Phi) is 5.09. The van der Waals surface area contributed by atoms with E-state index >= 15 is 0 Å². The molecule has 0 aromatic heterocycles. The highest BCUT2D eigenvalue weighted by Gasteiger charge is 2.24. The van der Waals surface area contributed by atoms with Crippen LogP contribution in [0.15, 0.2) is 42.5 Å². The number of nitro groups is 1. The molecule has 2 aromatic carbocycles. The van der Waals surface area contributed by atoms with Crippen LogP contribution in [0.2, 0.25) is 0 Å². The lowest BCUT2D eigenvalue weighted by atomic mass is 10.1. The molecule has 25 heavy (non-hydrogen) atoms. The van der Waals surface area contributed by atoms with E-state index in [2.05, 4.69) is 36.1 Å². The van der Waals surface area contributed by atoms with Crippen LogP contribution in [0.5, 0.6) is 0 Å². The zero-order chi connectivity index (χ0) is 17.8. The van der Waals surface area contributed by atoms with Crippen LogP contribution >= 0.6 is 0 Å². The van der Waals surface area contributed by atoms with E-state index in [-0.39, 0.29) is 5.69 Å². The molecule has 0 atom stereocenters. The van der Waals surface area contributed by atoms with Crippen LogP contribution in [-0.2, 0) is 6.54 Å². The number of aldehydes is 1. The van der Waals surface area contributed by atoms with Gasteiger partial charge in [-0.3, -0.25) is 19.8 Å². The molecule has 6 heteroatoms. The fourth-order valence-corrected chi connectivity index (χ4v) is 3.24.